The molecule has 1 aromatic rings. The molecule has 1 saturated heterocycles. The van der Waals surface area contributed by atoms with E-state index in [-0.39, 0.29) is 30.1 Å². The maximum Gasteiger partial charge on any atom is 0.191 e. The second-order valence-corrected chi connectivity index (χ2v) is 7.28. The van der Waals surface area contributed by atoms with E-state index in [1.165, 1.54) is 5.56 Å². The fourth-order valence-electron chi connectivity index (χ4n) is 3.56. The molecule has 0 aliphatic carbocycles. The number of benzene rings is 1. The number of nitrogens with zero attached hydrogens (tertiary/aromatic N) is 2. The van der Waals surface area contributed by atoms with E-state index in [4.69, 9.17) is 4.74 Å². The molecule has 0 bridgehead atoms. The van der Waals surface area contributed by atoms with Crippen LogP contribution in [0.4, 0.5) is 0 Å². The highest BCUT2D eigenvalue weighted by molar-refractivity contribution is 14.0. The lowest BCUT2D eigenvalue weighted by molar-refractivity contribution is 0.234. The molecule has 2 aliphatic rings. The van der Waals surface area contributed by atoms with Crippen LogP contribution in [0.1, 0.15) is 26.3 Å². The fourth-order valence-corrected chi connectivity index (χ4v) is 3.56. The predicted octanol–water partition coefficient (Wildman–Crippen LogP) is 2.50. The van der Waals surface area contributed by atoms with Crippen LogP contribution in [0.3, 0.4) is 0 Å². The molecule has 5 nitrogen and oxygen atoms in total. The summed E-state index contributed by atoms with van der Waals surface area (Å²) in [5, 5.41) is 7.02. The van der Waals surface area contributed by atoms with Crippen LogP contribution in [0.5, 0.6) is 5.75 Å². The van der Waals surface area contributed by atoms with Gasteiger partial charge in [-0.15, -0.1) is 24.0 Å². The van der Waals surface area contributed by atoms with E-state index in [2.05, 4.69) is 53.4 Å². The average molecular weight is 458 g/mol. The van der Waals surface area contributed by atoms with Gasteiger partial charge in [-0.2, -0.15) is 0 Å². The van der Waals surface area contributed by atoms with Gasteiger partial charge >= 0.3 is 0 Å². The van der Waals surface area contributed by atoms with E-state index in [1.807, 2.05) is 19.2 Å². The number of halogens is 1. The summed E-state index contributed by atoms with van der Waals surface area (Å²) in [6.07, 6.45) is 1.13. The van der Waals surface area contributed by atoms with Crippen molar-refractivity contribution in [1.29, 1.82) is 0 Å². The molecule has 2 N–H and O–H groups in total. The largest absolute Gasteiger partial charge is 0.488 e. The number of nitrogens with one attached hydrogen (secondary N) is 2. The molecule has 140 valence electrons. The van der Waals surface area contributed by atoms with Gasteiger partial charge in [-0.05, 0) is 31.4 Å². The number of fused-ring (bicyclic) bond motifs is 1. The molecule has 25 heavy (non-hydrogen) atoms. The first-order valence-electron chi connectivity index (χ1n) is 9.02. The molecular weight excluding hydrogens is 427 g/mol. The van der Waals surface area contributed by atoms with Crippen molar-refractivity contribution in [3.63, 3.8) is 0 Å². The van der Waals surface area contributed by atoms with Crippen LogP contribution in [0.25, 0.3) is 0 Å². The number of ether oxygens (including phenoxy) is 1. The zero-order chi connectivity index (χ0) is 17.1. The maximum atomic E-state index is 5.99. The Morgan fingerprint density at radius 3 is 2.72 bits per heavy atom. The molecule has 1 fully saturated rings. The summed E-state index contributed by atoms with van der Waals surface area (Å²) in [4.78, 5) is 6.91. The third kappa shape index (κ3) is 5.00. The van der Waals surface area contributed by atoms with Crippen LogP contribution in [-0.2, 0) is 6.42 Å². The van der Waals surface area contributed by atoms with E-state index >= 15 is 0 Å². The Hall–Kier alpha value is -1.02. The SMILES string of the molecule is CN=C(NCC1Cc2ccccc2O1)NC1CN(C(C)C)CC1C.I. The van der Waals surface area contributed by atoms with Crippen LogP contribution in [0.15, 0.2) is 29.3 Å². The van der Waals surface area contributed by atoms with Gasteiger partial charge < -0.3 is 15.4 Å². The van der Waals surface area contributed by atoms with Crippen LogP contribution in [0, 0.1) is 5.92 Å². The van der Waals surface area contributed by atoms with Crippen molar-refractivity contribution in [2.45, 2.75) is 45.4 Å². The van der Waals surface area contributed by atoms with Crippen molar-refractivity contribution in [2.75, 3.05) is 26.7 Å². The molecule has 0 radical (unpaired) electrons. The highest BCUT2D eigenvalue weighted by Gasteiger charge is 2.31. The van der Waals surface area contributed by atoms with Crippen molar-refractivity contribution in [2.24, 2.45) is 10.9 Å². The lowest BCUT2D eigenvalue weighted by atomic mass is 10.1. The number of rotatable bonds is 4. The van der Waals surface area contributed by atoms with E-state index in [0.717, 1.165) is 37.8 Å². The highest BCUT2D eigenvalue weighted by Crippen LogP contribution is 2.27. The lowest BCUT2D eigenvalue weighted by Gasteiger charge is -2.22. The summed E-state index contributed by atoms with van der Waals surface area (Å²) in [6, 6.07) is 9.32. The maximum absolute atomic E-state index is 5.99. The summed E-state index contributed by atoms with van der Waals surface area (Å²) in [5.74, 6) is 2.51. The van der Waals surface area contributed by atoms with Crippen molar-refractivity contribution in [1.82, 2.24) is 15.5 Å². The summed E-state index contributed by atoms with van der Waals surface area (Å²) >= 11 is 0. The average Bonchev–Trinajstić information content (AvgIpc) is 3.14. The summed E-state index contributed by atoms with van der Waals surface area (Å²) in [6.45, 7) is 9.82. The number of aliphatic imine (C=N–C) groups is 1. The van der Waals surface area contributed by atoms with Crippen LogP contribution in [-0.4, -0.2) is 55.7 Å². The van der Waals surface area contributed by atoms with E-state index in [0.29, 0.717) is 18.0 Å². The number of para-hydroxylation sites is 1. The molecule has 2 heterocycles. The van der Waals surface area contributed by atoms with Gasteiger partial charge in [0.15, 0.2) is 5.96 Å². The summed E-state index contributed by atoms with van der Waals surface area (Å²) in [7, 11) is 1.83. The minimum absolute atomic E-state index is 0. The van der Waals surface area contributed by atoms with Crippen molar-refractivity contribution in [3.05, 3.63) is 29.8 Å². The summed E-state index contributed by atoms with van der Waals surface area (Å²) in [5.41, 5.74) is 1.30. The Morgan fingerprint density at radius 2 is 2.08 bits per heavy atom. The van der Waals surface area contributed by atoms with Crippen molar-refractivity contribution < 1.29 is 4.74 Å². The molecule has 0 amide bonds. The standard InChI is InChI=1S/C19H30N4O.HI/c1-13(2)23-11-14(3)17(12-23)22-19(20-4)21-10-16-9-15-7-5-6-8-18(15)24-16;/h5-8,13-14,16-17H,9-12H2,1-4H3,(H2,20,21,22);1H. The third-order valence-electron chi connectivity index (χ3n) is 5.13. The van der Waals surface area contributed by atoms with Gasteiger partial charge in [0, 0.05) is 38.6 Å². The lowest BCUT2D eigenvalue weighted by Crippen LogP contribution is -2.48. The molecule has 3 rings (SSSR count). The molecule has 0 aromatic heterocycles. The molecule has 1 aromatic carbocycles. The Labute approximate surface area is 168 Å². The molecule has 0 spiro atoms. The number of hydrogen-bond donors (Lipinski definition) is 2. The first-order valence-corrected chi connectivity index (χ1v) is 9.02. The van der Waals surface area contributed by atoms with Gasteiger partial charge in [0.25, 0.3) is 0 Å². The van der Waals surface area contributed by atoms with Crippen LogP contribution >= 0.6 is 24.0 Å². The smallest absolute Gasteiger partial charge is 0.191 e. The fraction of sp³-hybridized carbons (Fsp3) is 0.632. The molecule has 2 aliphatic heterocycles. The zero-order valence-electron chi connectivity index (χ0n) is 15.7. The van der Waals surface area contributed by atoms with Gasteiger partial charge in [0.1, 0.15) is 11.9 Å². The van der Waals surface area contributed by atoms with Crippen molar-refractivity contribution in [3.8, 4) is 5.75 Å². The van der Waals surface area contributed by atoms with Gasteiger partial charge in [-0.1, -0.05) is 25.1 Å². The van der Waals surface area contributed by atoms with E-state index in [9.17, 15) is 0 Å². The Morgan fingerprint density at radius 1 is 1.32 bits per heavy atom. The van der Waals surface area contributed by atoms with Crippen LogP contribution < -0.4 is 15.4 Å². The summed E-state index contributed by atoms with van der Waals surface area (Å²) < 4.78 is 5.99. The van der Waals surface area contributed by atoms with Gasteiger partial charge in [-0.25, -0.2) is 0 Å². The normalized spacial score (nSPS) is 26.1. The van der Waals surface area contributed by atoms with Gasteiger partial charge in [-0.3, -0.25) is 9.89 Å². The second kappa shape index (κ2) is 9.07. The Bertz CT molecular complexity index is 568. The van der Waals surface area contributed by atoms with E-state index < -0.39 is 0 Å². The Kier molecular flexibility index (Phi) is 7.37. The third-order valence-corrected chi connectivity index (χ3v) is 5.13. The molecule has 6 heteroatoms. The quantitative estimate of drug-likeness (QED) is 0.414. The number of hydrogen-bond acceptors (Lipinski definition) is 3. The minimum Gasteiger partial charge on any atom is -0.488 e. The molecule has 3 unspecified atom stereocenters. The molecule has 0 saturated carbocycles. The predicted molar refractivity (Wildman–Crippen MR) is 114 cm³/mol. The monoisotopic (exact) mass is 458 g/mol. The highest BCUT2D eigenvalue weighted by atomic mass is 127. The second-order valence-electron chi connectivity index (χ2n) is 7.28. The number of guanidine groups is 1. The van der Waals surface area contributed by atoms with Gasteiger partial charge in [0.05, 0.1) is 6.54 Å². The first-order chi connectivity index (χ1) is 11.6. The van der Waals surface area contributed by atoms with E-state index in [1.54, 1.807) is 0 Å². The van der Waals surface area contributed by atoms with Gasteiger partial charge in [0.2, 0.25) is 0 Å². The number of likely N-dealkylation sites (tertiary alicyclic amines) is 1. The topological polar surface area (TPSA) is 48.9 Å². The molecule has 3 atom stereocenters. The molecular formula is C19H31IN4O. The Balaban J connectivity index is 0.00000225. The first kappa shape index (κ1) is 20.3. The zero-order valence-corrected chi connectivity index (χ0v) is 18.0. The minimum atomic E-state index is 0. The van der Waals surface area contributed by atoms with Crippen LogP contribution in [0.2, 0.25) is 0 Å². The van der Waals surface area contributed by atoms with Crippen molar-refractivity contribution >= 4 is 29.9 Å².